The van der Waals surface area contributed by atoms with Gasteiger partial charge < -0.3 is 0 Å². The van der Waals surface area contributed by atoms with Gasteiger partial charge in [-0.1, -0.05) is 27.8 Å². The van der Waals surface area contributed by atoms with Gasteiger partial charge in [0.05, 0.1) is 0 Å². The summed E-state index contributed by atoms with van der Waals surface area (Å²) in [6.07, 6.45) is 0.926. The molecule has 2 heteroatoms. The van der Waals surface area contributed by atoms with Gasteiger partial charge in [0, 0.05) is 22.7 Å². The van der Waals surface area contributed by atoms with Gasteiger partial charge in [-0.25, -0.2) is 0 Å². The van der Waals surface area contributed by atoms with Crippen LogP contribution in [0.1, 0.15) is 17.5 Å². The van der Waals surface area contributed by atoms with Crippen LogP contribution in [0.3, 0.4) is 0 Å². The first-order chi connectivity index (χ1) is 5.34. The molecule has 0 saturated heterocycles. The molecule has 0 aromatic carbocycles. The molecule has 58 valence electrons. The van der Waals surface area contributed by atoms with Crippen molar-refractivity contribution in [2.45, 2.75) is 13.3 Å². The summed E-state index contributed by atoms with van der Waals surface area (Å²) in [7, 11) is 0. The Hall–Kier alpha value is -0.260. The van der Waals surface area contributed by atoms with Crippen molar-refractivity contribution in [1.29, 1.82) is 0 Å². The van der Waals surface area contributed by atoms with E-state index in [1.54, 1.807) is 11.3 Å². The van der Waals surface area contributed by atoms with E-state index >= 15 is 0 Å². The molecule has 0 radical (unpaired) electrons. The van der Waals surface area contributed by atoms with Crippen molar-refractivity contribution in [2.24, 2.45) is 0 Å². The van der Waals surface area contributed by atoms with Gasteiger partial charge in [0.25, 0.3) is 0 Å². The summed E-state index contributed by atoms with van der Waals surface area (Å²) in [5, 5.41) is 5.18. The molecule has 1 aromatic rings. The smallest absolute Gasteiger partial charge is 0.0381 e. The Morgan fingerprint density at radius 2 is 2.36 bits per heavy atom. The summed E-state index contributed by atoms with van der Waals surface area (Å²) in [6, 6.07) is 0. The third-order valence-electron chi connectivity index (χ3n) is 1.30. The average molecular weight is 229 g/mol. The van der Waals surface area contributed by atoms with E-state index in [4.69, 9.17) is 0 Å². The minimum atomic E-state index is 0.926. The van der Waals surface area contributed by atoms with E-state index in [2.05, 4.69) is 45.5 Å². The summed E-state index contributed by atoms with van der Waals surface area (Å²) in [6.45, 7) is 2.09. The van der Waals surface area contributed by atoms with Crippen LogP contribution in [0.15, 0.2) is 10.8 Å². The van der Waals surface area contributed by atoms with Gasteiger partial charge in [0.1, 0.15) is 0 Å². The highest BCUT2D eigenvalue weighted by molar-refractivity contribution is 9.09. The van der Waals surface area contributed by atoms with Crippen molar-refractivity contribution in [3.63, 3.8) is 0 Å². The monoisotopic (exact) mass is 228 g/mol. The van der Waals surface area contributed by atoms with E-state index in [0.717, 1.165) is 11.8 Å². The first kappa shape index (κ1) is 8.83. The number of alkyl halides is 1. The lowest BCUT2D eigenvalue weighted by atomic mass is 10.2. The lowest BCUT2D eigenvalue weighted by Crippen LogP contribution is -1.72. The zero-order valence-electron chi connectivity index (χ0n) is 6.36. The van der Waals surface area contributed by atoms with E-state index in [0.29, 0.717) is 0 Å². The molecular formula is C9H9BrS. The molecule has 0 fully saturated rings. The maximum absolute atomic E-state index is 3.33. The van der Waals surface area contributed by atoms with Crippen LogP contribution < -0.4 is 0 Å². The van der Waals surface area contributed by atoms with Gasteiger partial charge in [0.2, 0.25) is 0 Å². The Morgan fingerprint density at radius 1 is 1.55 bits per heavy atom. The Labute approximate surface area is 79.8 Å². The van der Waals surface area contributed by atoms with Crippen LogP contribution in [0, 0.1) is 18.8 Å². The second-order valence-electron chi connectivity index (χ2n) is 2.21. The maximum Gasteiger partial charge on any atom is 0.0381 e. The van der Waals surface area contributed by atoms with Crippen LogP contribution in [0.4, 0.5) is 0 Å². The Kier molecular flexibility index (Phi) is 3.68. The van der Waals surface area contributed by atoms with Crippen LogP contribution in [0.5, 0.6) is 0 Å². The Balaban J connectivity index is 2.65. The second-order valence-corrected chi connectivity index (χ2v) is 3.75. The molecule has 0 atom stereocenters. The predicted molar refractivity (Wildman–Crippen MR) is 54.3 cm³/mol. The molecule has 0 spiro atoms. The zero-order valence-corrected chi connectivity index (χ0v) is 8.76. The molecule has 0 bridgehead atoms. The summed E-state index contributed by atoms with van der Waals surface area (Å²) in [5.74, 6) is 6.21. The van der Waals surface area contributed by atoms with Crippen molar-refractivity contribution in [1.82, 2.24) is 0 Å². The third-order valence-corrected chi connectivity index (χ3v) is 2.56. The molecule has 0 amide bonds. The molecule has 1 rings (SSSR count). The topological polar surface area (TPSA) is 0 Å². The number of hydrogen-bond acceptors (Lipinski definition) is 1. The normalized spacial score (nSPS) is 8.91. The number of halogens is 1. The van der Waals surface area contributed by atoms with Gasteiger partial charge in [-0.3, -0.25) is 0 Å². The molecule has 1 heterocycles. The number of rotatable bonds is 1. The van der Waals surface area contributed by atoms with Crippen molar-refractivity contribution in [3.8, 4) is 11.8 Å². The summed E-state index contributed by atoms with van der Waals surface area (Å²) >= 11 is 5.04. The lowest BCUT2D eigenvalue weighted by Gasteiger charge is -1.83. The van der Waals surface area contributed by atoms with Crippen molar-refractivity contribution in [2.75, 3.05) is 5.33 Å². The molecule has 0 aliphatic heterocycles. The summed E-state index contributed by atoms with van der Waals surface area (Å²) < 4.78 is 0. The van der Waals surface area contributed by atoms with E-state index < -0.39 is 0 Å². The van der Waals surface area contributed by atoms with Crippen LogP contribution in [0.25, 0.3) is 0 Å². The molecule has 0 saturated carbocycles. The minimum Gasteiger partial charge on any atom is -0.151 e. The van der Waals surface area contributed by atoms with Gasteiger partial charge in [-0.05, 0) is 17.9 Å². The van der Waals surface area contributed by atoms with Crippen molar-refractivity contribution < 1.29 is 0 Å². The SMILES string of the molecule is Cc1cscc1C#CCCBr. The third kappa shape index (κ3) is 2.69. The fourth-order valence-corrected chi connectivity index (χ4v) is 1.67. The highest BCUT2D eigenvalue weighted by Crippen LogP contribution is 2.11. The zero-order chi connectivity index (χ0) is 8.10. The molecule has 0 aliphatic rings. The van der Waals surface area contributed by atoms with E-state index in [1.165, 1.54) is 11.1 Å². The van der Waals surface area contributed by atoms with Crippen LogP contribution >= 0.6 is 27.3 Å². The largest absolute Gasteiger partial charge is 0.151 e. The molecule has 0 unspecified atom stereocenters. The standard InChI is InChI=1S/C9H9BrS/c1-8-6-11-7-9(8)4-2-3-5-10/h6-7H,3,5H2,1H3. The van der Waals surface area contributed by atoms with Gasteiger partial charge in [0.15, 0.2) is 0 Å². The van der Waals surface area contributed by atoms with Gasteiger partial charge in [-0.15, -0.1) is 0 Å². The molecule has 0 N–H and O–H groups in total. The Morgan fingerprint density at radius 3 is 2.91 bits per heavy atom. The number of thiophene rings is 1. The van der Waals surface area contributed by atoms with E-state index in [1.807, 2.05) is 0 Å². The second kappa shape index (κ2) is 4.58. The lowest BCUT2D eigenvalue weighted by molar-refractivity contribution is 1.32. The highest BCUT2D eigenvalue weighted by atomic mass is 79.9. The average Bonchev–Trinajstić information content (AvgIpc) is 2.37. The molecule has 1 aromatic heterocycles. The fraction of sp³-hybridized carbons (Fsp3) is 0.333. The van der Waals surface area contributed by atoms with Crippen molar-refractivity contribution in [3.05, 3.63) is 21.9 Å². The number of hydrogen-bond donors (Lipinski definition) is 0. The van der Waals surface area contributed by atoms with Crippen LogP contribution in [-0.2, 0) is 0 Å². The fourth-order valence-electron chi connectivity index (χ4n) is 0.694. The first-order valence-electron chi connectivity index (χ1n) is 3.42. The Bertz CT molecular complexity index is 277. The molecule has 0 nitrogen and oxygen atoms in total. The van der Waals surface area contributed by atoms with Crippen molar-refractivity contribution >= 4 is 27.3 Å². The maximum atomic E-state index is 3.33. The summed E-state index contributed by atoms with van der Waals surface area (Å²) in [4.78, 5) is 0. The molecule has 11 heavy (non-hydrogen) atoms. The first-order valence-corrected chi connectivity index (χ1v) is 5.48. The van der Waals surface area contributed by atoms with E-state index in [-0.39, 0.29) is 0 Å². The van der Waals surface area contributed by atoms with Crippen LogP contribution in [-0.4, -0.2) is 5.33 Å². The molecule has 0 aliphatic carbocycles. The van der Waals surface area contributed by atoms with E-state index in [9.17, 15) is 0 Å². The molecular weight excluding hydrogens is 220 g/mol. The van der Waals surface area contributed by atoms with Gasteiger partial charge in [-0.2, -0.15) is 11.3 Å². The van der Waals surface area contributed by atoms with Gasteiger partial charge >= 0.3 is 0 Å². The number of aryl methyl sites for hydroxylation is 1. The quantitative estimate of drug-likeness (QED) is 0.512. The summed E-state index contributed by atoms with van der Waals surface area (Å²) in [5.41, 5.74) is 2.47. The predicted octanol–water partition coefficient (Wildman–Crippen LogP) is 3.19. The highest BCUT2D eigenvalue weighted by Gasteiger charge is 1.91. The minimum absolute atomic E-state index is 0.926. The van der Waals surface area contributed by atoms with Crippen LogP contribution in [0.2, 0.25) is 0 Å².